The molecule has 0 amide bonds. The van der Waals surface area contributed by atoms with Crippen molar-refractivity contribution in [2.75, 3.05) is 0 Å². The third-order valence-electron chi connectivity index (χ3n) is 11.2. The van der Waals surface area contributed by atoms with Gasteiger partial charge in [-0.3, -0.25) is 4.57 Å². The SMILES string of the molecule is c1ccc(-c2ccc(-n3c4ccccc4c4ccc5c6ccccc6n(-c6nc(-c7ccccc7)nc(-c7ccc8oc9ccccc9c8c7)n6)c5c43)cc2)cc1. The topological polar surface area (TPSA) is 61.7 Å². The minimum absolute atomic E-state index is 0.547. The molecule has 0 saturated carbocycles. The molecule has 4 aromatic heterocycles. The van der Waals surface area contributed by atoms with E-state index in [1.54, 1.807) is 0 Å². The van der Waals surface area contributed by atoms with Crippen LogP contribution < -0.4 is 0 Å². The second kappa shape index (κ2) is 12.3. The van der Waals surface area contributed by atoms with Gasteiger partial charge in [0.05, 0.1) is 22.1 Å². The molecule has 4 heterocycles. The summed E-state index contributed by atoms with van der Waals surface area (Å²) in [6.45, 7) is 0. The first-order chi connectivity index (χ1) is 28.3. The van der Waals surface area contributed by atoms with Crippen LogP contribution in [0.1, 0.15) is 0 Å². The molecule has 0 aliphatic rings. The molecule has 0 bridgehead atoms. The summed E-state index contributed by atoms with van der Waals surface area (Å²) in [5, 5.41) is 6.66. The van der Waals surface area contributed by atoms with Gasteiger partial charge in [0.25, 0.3) is 0 Å². The van der Waals surface area contributed by atoms with E-state index in [0.29, 0.717) is 17.6 Å². The monoisotopic (exact) mass is 729 g/mol. The summed E-state index contributed by atoms with van der Waals surface area (Å²) < 4.78 is 10.8. The lowest BCUT2D eigenvalue weighted by molar-refractivity contribution is 0.669. The molecule has 266 valence electrons. The van der Waals surface area contributed by atoms with Crippen molar-refractivity contribution < 1.29 is 4.42 Å². The summed E-state index contributed by atoms with van der Waals surface area (Å²) in [5.41, 5.74) is 11.2. The Balaban J connectivity index is 1.17. The summed E-state index contributed by atoms with van der Waals surface area (Å²) in [5.74, 6) is 1.73. The van der Waals surface area contributed by atoms with Crippen molar-refractivity contribution in [3.8, 4) is 45.5 Å². The molecule has 0 aliphatic carbocycles. The van der Waals surface area contributed by atoms with Gasteiger partial charge in [-0.1, -0.05) is 140 Å². The van der Waals surface area contributed by atoms with Crippen molar-refractivity contribution in [3.63, 3.8) is 0 Å². The average Bonchev–Trinajstić information content (AvgIpc) is 3.94. The molecule has 0 radical (unpaired) electrons. The normalized spacial score (nSPS) is 11.9. The first-order valence-electron chi connectivity index (χ1n) is 19.1. The fourth-order valence-electron chi connectivity index (χ4n) is 8.59. The summed E-state index contributed by atoms with van der Waals surface area (Å²) >= 11 is 0. The minimum atomic E-state index is 0.547. The van der Waals surface area contributed by atoms with Crippen molar-refractivity contribution in [3.05, 3.63) is 188 Å². The Morgan fingerprint density at radius 2 is 0.842 bits per heavy atom. The van der Waals surface area contributed by atoms with Gasteiger partial charge < -0.3 is 8.98 Å². The van der Waals surface area contributed by atoms with Crippen molar-refractivity contribution >= 4 is 65.6 Å². The van der Waals surface area contributed by atoms with E-state index in [9.17, 15) is 0 Å². The molecular formula is C51H31N5O. The molecule has 8 aromatic carbocycles. The van der Waals surface area contributed by atoms with E-state index in [4.69, 9.17) is 19.4 Å². The lowest BCUT2D eigenvalue weighted by atomic mass is 10.1. The Morgan fingerprint density at radius 3 is 1.54 bits per heavy atom. The lowest BCUT2D eigenvalue weighted by Crippen LogP contribution is -2.07. The Hall–Kier alpha value is -7.83. The van der Waals surface area contributed by atoms with Crippen LogP contribution in [0.3, 0.4) is 0 Å². The van der Waals surface area contributed by atoms with Crippen LogP contribution in [0.4, 0.5) is 0 Å². The number of hydrogen-bond acceptors (Lipinski definition) is 4. The van der Waals surface area contributed by atoms with E-state index < -0.39 is 0 Å². The number of hydrogen-bond donors (Lipinski definition) is 0. The molecule has 0 atom stereocenters. The molecule has 6 nitrogen and oxygen atoms in total. The molecule has 12 aromatic rings. The first-order valence-corrected chi connectivity index (χ1v) is 19.1. The first kappa shape index (κ1) is 31.5. The maximum Gasteiger partial charge on any atom is 0.238 e. The van der Waals surface area contributed by atoms with Gasteiger partial charge in [0.1, 0.15) is 11.2 Å². The molecule has 0 N–H and O–H groups in total. The second-order valence-corrected chi connectivity index (χ2v) is 14.4. The van der Waals surface area contributed by atoms with E-state index >= 15 is 0 Å². The summed E-state index contributed by atoms with van der Waals surface area (Å²) in [6.07, 6.45) is 0. The summed E-state index contributed by atoms with van der Waals surface area (Å²) in [4.78, 5) is 15.8. The van der Waals surface area contributed by atoms with Crippen LogP contribution in [-0.2, 0) is 0 Å². The standard InChI is InChI=1S/C51H31N5O/c1-3-13-32(14-4-1)33-23-26-36(27-24-33)55-43-20-10-7-17-37(43)40-28-29-41-38-18-8-11-21-44(38)56(48(41)47(40)55)51-53-49(34-15-5-2-6-16-34)52-50(54-51)35-25-30-46-42(31-35)39-19-9-12-22-45(39)57-46/h1-31H. The molecule has 0 aliphatic heterocycles. The fraction of sp³-hybridized carbons (Fsp3) is 0. The van der Waals surface area contributed by atoms with Crippen molar-refractivity contribution in [2.24, 2.45) is 0 Å². The van der Waals surface area contributed by atoms with Gasteiger partial charge in [0, 0.05) is 49.1 Å². The molecule has 57 heavy (non-hydrogen) atoms. The molecule has 0 fully saturated rings. The number of para-hydroxylation sites is 3. The highest BCUT2D eigenvalue weighted by Crippen LogP contribution is 2.42. The van der Waals surface area contributed by atoms with Crippen LogP contribution in [0.2, 0.25) is 0 Å². The summed E-state index contributed by atoms with van der Waals surface area (Å²) in [6, 6.07) is 65.6. The third-order valence-corrected chi connectivity index (χ3v) is 11.2. The Labute approximate surface area is 326 Å². The molecule has 0 unspecified atom stereocenters. The van der Waals surface area contributed by atoms with Crippen molar-refractivity contribution in [1.82, 2.24) is 24.1 Å². The van der Waals surface area contributed by atoms with Gasteiger partial charge in [-0.2, -0.15) is 9.97 Å². The van der Waals surface area contributed by atoms with Crippen LogP contribution >= 0.6 is 0 Å². The second-order valence-electron chi connectivity index (χ2n) is 14.4. The van der Waals surface area contributed by atoms with Crippen LogP contribution in [0, 0.1) is 0 Å². The number of rotatable bonds is 5. The van der Waals surface area contributed by atoms with Crippen LogP contribution in [0.25, 0.3) is 111 Å². The quantitative estimate of drug-likeness (QED) is 0.177. The maximum atomic E-state index is 6.20. The zero-order chi connectivity index (χ0) is 37.5. The van der Waals surface area contributed by atoms with Gasteiger partial charge in [-0.25, -0.2) is 4.98 Å². The van der Waals surface area contributed by atoms with Gasteiger partial charge in [-0.05, 0) is 59.7 Å². The Kier molecular flexibility index (Phi) is 6.83. The highest BCUT2D eigenvalue weighted by molar-refractivity contribution is 6.23. The number of furan rings is 1. The molecule has 12 rings (SSSR count). The Bertz CT molecular complexity index is 3510. The number of fused-ring (bicyclic) bond motifs is 10. The number of aromatic nitrogens is 5. The van der Waals surface area contributed by atoms with E-state index in [1.165, 1.54) is 16.5 Å². The zero-order valence-corrected chi connectivity index (χ0v) is 30.5. The molecule has 0 saturated heterocycles. The van der Waals surface area contributed by atoms with E-state index in [1.807, 2.05) is 48.5 Å². The smallest absolute Gasteiger partial charge is 0.238 e. The third kappa shape index (κ3) is 4.87. The zero-order valence-electron chi connectivity index (χ0n) is 30.5. The van der Waals surface area contributed by atoms with Crippen molar-refractivity contribution in [1.29, 1.82) is 0 Å². The fourth-order valence-corrected chi connectivity index (χ4v) is 8.59. The van der Waals surface area contributed by atoms with E-state index in [2.05, 4.69) is 149 Å². The predicted octanol–water partition coefficient (Wildman–Crippen LogP) is 13.0. The van der Waals surface area contributed by atoms with Crippen LogP contribution in [0.5, 0.6) is 0 Å². The van der Waals surface area contributed by atoms with Gasteiger partial charge >= 0.3 is 0 Å². The van der Waals surface area contributed by atoms with Crippen molar-refractivity contribution in [2.45, 2.75) is 0 Å². The predicted molar refractivity (Wildman–Crippen MR) is 232 cm³/mol. The van der Waals surface area contributed by atoms with Gasteiger partial charge in [-0.15, -0.1) is 0 Å². The maximum absolute atomic E-state index is 6.20. The largest absolute Gasteiger partial charge is 0.456 e. The minimum Gasteiger partial charge on any atom is -0.456 e. The lowest BCUT2D eigenvalue weighted by Gasteiger charge is -2.13. The van der Waals surface area contributed by atoms with Gasteiger partial charge in [0.15, 0.2) is 11.6 Å². The highest BCUT2D eigenvalue weighted by Gasteiger charge is 2.23. The number of benzene rings is 8. The summed E-state index contributed by atoms with van der Waals surface area (Å²) in [7, 11) is 0. The molecule has 6 heteroatoms. The molecular weight excluding hydrogens is 699 g/mol. The highest BCUT2D eigenvalue weighted by atomic mass is 16.3. The number of nitrogens with zero attached hydrogens (tertiary/aromatic N) is 5. The molecule has 0 spiro atoms. The Morgan fingerprint density at radius 1 is 0.333 bits per heavy atom. The average molecular weight is 730 g/mol. The van der Waals surface area contributed by atoms with E-state index in [0.717, 1.165) is 77.0 Å². The van der Waals surface area contributed by atoms with E-state index in [-0.39, 0.29) is 0 Å². The van der Waals surface area contributed by atoms with Crippen LogP contribution in [-0.4, -0.2) is 24.1 Å². The van der Waals surface area contributed by atoms with Gasteiger partial charge in [0.2, 0.25) is 5.95 Å². The van der Waals surface area contributed by atoms with Crippen LogP contribution in [0.15, 0.2) is 192 Å².